The van der Waals surface area contributed by atoms with Gasteiger partial charge in [0.15, 0.2) is 6.10 Å². The maximum absolute atomic E-state index is 12.9. The van der Waals surface area contributed by atoms with Gasteiger partial charge in [-0.2, -0.15) is 0 Å². The first kappa shape index (κ1) is 17.6. The standard InChI is InChI=1S/C17H16Cl2FNO2/c1-10(12-3-5-13(20)6-4-12)21-17(22)11(2)23-14-7-8-15(18)16(19)9-14/h3-11H,1-2H3,(H,21,22)/t10-,11+/m0/s1. The van der Waals surface area contributed by atoms with Crippen LogP contribution in [-0.4, -0.2) is 12.0 Å². The van der Waals surface area contributed by atoms with Gasteiger partial charge in [-0.3, -0.25) is 4.79 Å². The zero-order valence-electron chi connectivity index (χ0n) is 12.6. The van der Waals surface area contributed by atoms with Gasteiger partial charge in [0.2, 0.25) is 0 Å². The first-order valence-corrected chi connectivity index (χ1v) is 7.80. The lowest BCUT2D eigenvalue weighted by Crippen LogP contribution is -2.37. The van der Waals surface area contributed by atoms with Gasteiger partial charge in [-0.1, -0.05) is 35.3 Å². The molecule has 122 valence electrons. The molecule has 2 atom stereocenters. The Hall–Kier alpha value is -1.78. The number of rotatable bonds is 5. The van der Waals surface area contributed by atoms with Crippen LogP contribution < -0.4 is 10.1 Å². The average molecular weight is 356 g/mol. The van der Waals surface area contributed by atoms with E-state index in [9.17, 15) is 9.18 Å². The lowest BCUT2D eigenvalue weighted by Gasteiger charge is -2.19. The Labute approximate surface area is 144 Å². The van der Waals surface area contributed by atoms with Gasteiger partial charge in [0.25, 0.3) is 5.91 Å². The number of carbonyl (C=O) groups is 1. The molecule has 2 aromatic rings. The maximum Gasteiger partial charge on any atom is 0.261 e. The average Bonchev–Trinajstić information content (AvgIpc) is 2.51. The molecule has 0 saturated heterocycles. The number of nitrogens with one attached hydrogen (secondary N) is 1. The second-order valence-electron chi connectivity index (χ2n) is 5.12. The third-order valence-electron chi connectivity index (χ3n) is 3.30. The zero-order chi connectivity index (χ0) is 17.0. The second kappa shape index (κ2) is 7.66. The molecule has 1 amide bonds. The Balaban J connectivity index is 1.96. The molecule has 23 heavy (non-hydrogen) atoms. The Morgan fingerprint density at radius 1 is 1.09 bits per heavy atom. The van der Waals surface area contributed by atoms with Crippen LogP contribution in [0.3, 0.4) is 0 Å². The quantitative estimate of drug-likeness (QED) is 0.838. The molecule has 0 unspecified atom stereocenters. The van der Waals surface area contributed by atoms with E-state index in [4.69, 9.17) is 27.9 Å². The maximum atomic E-state index is 12.9. The van der Waals surface area contributed by atoms with Gasteiger partial charge in [0.05, 0.1) is 16.1 Å². The third-order valence-corrected chi connectivity index (χ3v) is 4.04. The van der Waals surface area contributed by atoms with Gasteiger partial charge in [0, 0.05) is 6.07 Å². The van der Waals surface area contributed by atoms with Crippen LogP contribution in [0.15, 0.2) is 42.5 Å². The molecule has 0 heterocycles. The summed E-state index contributed by atoms with van der Waals surface area (Å²) >= 11 is 11.7. The van der Waals surface area contributed by atoms with Crippen LogP contribution in [0.2, 0.25) is 10.0 Å². The molecule has 2 rings (SSSR count). The highest BCUT2D eigenvalue weighted by molar-refractivity contribution is 6.42. The van der Waals surface area contributed by atoms with Crippen molar-refractivity contribution in [1.29, 1.82) is 0 Å². The van der Waals surface area contributed by atoms with E-state index in [1.54, 1.807) is 37.3 Å². The van der Waals surface area contributed by atoms with E-state index in [-0.39, 0.29) is 17.8 Å². The summed E-state index contributed by atoms with van der Waals surface area (Å²) in [5.74, 6) is -0.145. The monoisotopic (exact) mass is 355 g/mol. The van der Waals surface area contributed by atoms with Gasteiger partial charge < -0.3 is 10.1 Å². The number of halogens is 3. The molecule has 0 aromatic heterocycles. The molecule has 2 aromatic carbocycles. The SMILES string of the molecule is C[C@H](NC(=O)[C@@H](C)Oc1ccc(Cl)c(Cl)c1)c1ccc(F)cc1. The highest BCUT2D eigenvalue weighted by atomic mass is 35.5. The van der Waals surface area contributed by atoms with Crippen molar-refractivity contribution in [1.82, 2.24) is 5.32 Å². The van der Waals surface area contributed by atoms with E-state index >= 15 is 0 Å². The summed E-state index contributed by atoms with van der Waals surface area (Å²) in [4.78, 5) is 12.2. The van der Waals surface area contributed by atoms with Crippen molar-refractivity contribution >= 4 is 29.1 Å². The summed E-state index contributed by atoms with van der Waals surface area (Å²) in [7, 11) is 0. The number of hydrogen-bond acceptors (Lipinski definition) is 2. The van der Waals surface area contributed by atoms with Crippen molar-refractivity contribution in [2.45, 2.75) is 26.0 Å². The molecular weight excluding hydrogens is 340 g/mol. The highest BCUT2D eigenvalue weighted by Crippen LogP contribution is 2.27. The minimum atomic E-state index is -0.713. The highest BCUT2D eigenvalue weighted by Gasteiger charge is 2.18. The summed E-state index contributed by atoms with van der Waals surface area (Å²) in [5, 5.41) is 3.59. The van der Waals surface area contributed by atoms with E-state index in [1.165, 1.54) is 12.1 Å². The summed E-state index contributed by atoms with van der Waals surface area (Å²) < 4.78 is 18.5. The number of hydrogen-bond donors (Lipinski definition) is 1. The molecular formula is C17H16Cl2FNO2. The topological polar surface area (TPSA) is 38.3 Å². The minimum absolute atomic E-state index is 0.261. The van der Waals surface area contributed by atoms with Crippen LogP contribution >= 0.6 is 23.2 Å². The smallest absolute Gasteiger partial charge is 0.261 e. The van der Waals surface area contributed by atoms with Crippen molar-refractivity contribution in [2.24, 2.45) is 0 Å². The molecule has 0 radical (unpaired) electrons. The molecule has 0 aliphatic heterocycles. The van der Waals surface area contributed by atoms with Crippen LogP contribution in [0.25, 0.3) is 0 Å². The number of amides is 1. The van der Waals surface area contributed by atoms with Crippen molar-refractivity contribution in [3.05, 3.63) is 63.9 Å². The molecule has 0 fully saturated rings. The summed E-state index contributed by atoms with van der Waals surface area (Å²) in [6, 6.07) is 10.5. The third kappa shape index (κ3) is 4.85. The van der Waals surface area contributed by atoms with Gasteiger partial charge in [-0.25, -0.2) is 4.39 Å². The zero-order valence-corrected chi connectivity index (χ0v) is 14.2. The Kier molecular flexibility index (Phi) is 5.85. The van der Waals surface area contributed by atoms with E-state index in [2.05, 4.69) is 5.32 Å². The van der Waals surface area contributed by atoms with E-state index < -0.39 is 6.10 Å². The first-order valence-electron chi connectivity index (χ1n) is 7.04. The van der Waals surface area contributed by atoms with Gasteiger partial charge >= 0.3 is 0 Å². The Morgan fingerprint density at radius 3 is 2.35 bits per heavy atom. The molecule has 3 nitrogen and oxygen atoms in total. The van der Waals surface area contributed by atoms with E-state index in [0.717, 1.165) is 5.56 Å². The second-order valence-corrected chi connectivity index (χ2v) is 5.93. The lowest BCUT2D eigenvalue weighted by molar-refractivity contribution is -0.127. The number of ether oxygens (including phenoxy) is 1. The summed E-state index contributed by atoms with van der Waals surface area (Å²) in [5.41, 5.74) is 0.807. The largest absolute Gasteiger partial charge is 0.481 e. The van der Waals surface area contributed by atoms with Crippen molar-refractivity contribution in [3.8, 4) is 5.75 Å². The fourth-order valence-electron chi connectivity index (χ4n) is 1.97. The fourth-order valence-corrected chi connectivity index (χ4v) is 2.26. The molecule has 0 bridgehead atoms. The molecule has 0 saturated carbocycles. The summed E-state index contributed by atoms with van der Waals surface area (Å²) in [6.07, 6.45) is -0.713. The van der Waals surface area contributed by atoms with Crippen molar-refractivity contribution in [2.75, 3.05) is 0 Å². The van der Waals surface area contributed by atoms with E-state index in [1.807, 2.05) is 6.92 Å². The van der Waals surface area contributed by atoms with Crippen LogP contribution in [0.4, 0.5) is 4.39 Å². The predicted molar refractivity (Wildman–Crippen MR) is 89.5 cm³/mol. The first-order chi connectivity index (χ1) is 10.9. The molecule has 0 spiro atoms. The molecule has 0 aliphatic rings. The van der Waals surface area contributed by atoms with Crippen LogP contribution in [0.5, 0.6) is 5.75 Å². The van der Waals surface area contributed by atoms with Crippen molar-refractivity contribution < 1.29 is 13.9 Å². The normalized spacial score (nSPS) is 13.3. The van der Waals surface area contributed by atoms with Gasteiger partial charge in [0.1, 0.15) is 11.6 Å². The van der Waals surface area contributed by atoms with Gasteiger partial charge in [-0.15, -0.1) is 0 Å². The lowest BCUT2D eigenvalue weighted by atomic mass is 10.1. The Morgan fingerprint density at radius 2 is 1.74 bits per heavy atom. The molecule has 1 N–H and O–H groups in total. The Bertz CT molecular complexity index is 691. The predicted octanol–water partition coefficient (Wildman–Crippen LogP) is 4.78. The minimum Gasteiger partial charge on any atom is -0.481 e. The fraction of sp³-hybridized carbons (Fsp3) is 0.235. The molecule has 0 aliphatic carbocycles. The van der Waals surface area contributed by atoms with Gasteiger partial charge in [-0.05, 0) is 43.7 Å². The van der Waals surface area contributed by atoms with Crippen LogP contribution in [0, 0.1) is 5.82 Å². The number of benzene rings is 2. The van der Waals surface area contributed by atoms with Crippen molar-refractivity contribution in [3.63, 3.8) is 0 Å². The number of carbonyl (C=O) groups excluding carboxylic acids is 1. The van der Waals surface area contributed by atoms with Crippen LogP contribution in [0.1, 0.15) is 25.5 Å². The summed E-state index contributed by atoms with van der Waals surface area (Å²) in [6.45, 7) is 3.45. The van der Waals surface area contributed by atoms with E-state index in [0.29, 0.717) is 15.8 Å². The molecule has 6 heteroatoms. The van der Waals surface area contributed by atoms with Crippen LogP contribution in [-0.2, 0) is 4.79 Å².